The van der Waals surface area contributed by atoms with E-state index in [1.54, 1.807) is 11.1 Å². The van der Waals surface area contributed by atoms with Crippen LogP contribution >= 0.6 is 0 Å². The molecule has 1 saturated carbocycles. The van der Waals surface area contributed by atoms with Crippen molar-refractivity contribution in [3.8, 4) is 0 Å². The summed E-state index contributed by atoms with van der Waals surface area (Å²) in [6, 6.07) is 0.314. The van der Waals surface area contributed by atoms with Gasteiger partial charge in [-0.3, -0.25) is 5.01 Å². The Labute approximate surface area is 97.7 Å². The Bertz CT molecular complexity index is 297. The van der Waals surface area contributed by atoms with Gasteiger partial charge in [0.1, 0.15) is 0 Å². The topological polar surface area (TPSA) is 65.5 Å². The lowest BCUT2D eigenvalue weighted by Crippen LogP contribution is -2.30. The van der Waals surface area contributed by atoms with E-state index in [0.29, 0.717) is 23.8 Å². The van der Waals surface area contributed by atoms with Crippen LogP contribution in [0.25, 0.3) is 0 Å². The third-order valence-electron chi connectivity index (χ3n) is 3.94. The standard InChI is InChI=1S/C12H22N4/c1-5-6-11(13)10-7-12(16(4)15-14)9(3)8(10)2/h5-6,8-10,12,14H,1,7,13H2,2-4H3/t8-,9+,10?,12+/m0/s1. The van der Waals surface area contributed by atoms with Crippen molar-refractivity contribution >= 4 is 0 Å². The van der Waals surface area contributed by atoms with Gasteiger partial charge in [0.25, 0.3) is 0 Å². The molecule has 0 aromatic rings. The molecule has 90 valence electrons. The van der Waals surface area contributed by atoms with E-state index >= 15 is 0 Å². The first-order valence-electron chi connectivity index (χ1n) is 5.71. The molecule has 0 heterocycles. The Morgan fingerprint density at radius 1 is 1.50 bits per heavy atom. The predicted octanol–water partition coefficient (Wildman–Crippen LogP) is 2.55. The zero-order valence-corrected chi connectivity index (χ0v) is 10.4. The summed E-state index contributed by atoms with van der Waals surface area (Å²) in [6.45, 7) is 8.10. The van der Waals surface area contributed by atoms with E-state index in [1.807, 2.05) is 13.1 Å². The first-order valence-corrected chi connectivity index (χ1v) is 5.71. The van der Waals surface area contributed by atoms with Gasteiger partial charge in [-0.05, 0) is 24.3 Å². The highest BCUT2D eigenvalue weighted by Crippen LogP contribution is 2.41. The van der Waals surface area contributed by atoms with E-state index in [-0.39, 0.29) is 0 Å². The summed E-state index contributed by atoms with van der Waals surface area (Å²) in [6.07, 6.45) is 4.59. The fourth-order valence-corrected chi connectivity index (χ4v) is 2.67. The van der Waals surface area contributed by atoms with Crippen molar-refractivity contribution < 1.29 is 0 Å². The van der Waals surface area contributed by atoms with Crippen LogP contribution in [0, 0.1) is 23.3 Å². The zero-order valence-electron chi connectivity index (χ0n) is 10.4. The molecule has 1 aliphatic rings. The van der Waals surface area contributed by atoms with Crippen LogP contribution in [-0.4, -0.2) is 18.1 Å². The second-order valence-electron chi connectivity index (χ2n) is 4.70. The molecule has 4 heteroatoms. The normalized spacial score (nSPS) is 34.8. The van der Waals surface area contributed by atoms with E-state index in [9.17, 15) is 0 Å². The molecule has 0 saturated heterocycles. The van der Waals surface area contributed by atoms with Gasteiger partial charge in [-0.15, -0.1) is 0 Å². The average molecular weight is 222 g/mol. The fourth-order valence-electron chi connectivity index (χ4n) is 2.67. The van der Waals surface area contributed by atoms with E-state index in [0.717, 1.165) is 12.1 Å². The van der Waals surface area contributed by atoms with Crippen molar-refractivity contribution in [2.24, 2.45) is 28.7 Å². The lowest BCUT2D eigenvalue weighted by atomic mass is 9.90. The highest BCUT2D eigenvalue weighted by molar-refractivity contribution is 5.14. The summed E-state index contributed by atoms with van der Waals surface area (Å²) < 4.78 is 0. The van der Waals surface area contributed by atoms with Gasteiger partial charge in [0, 0.05) is 18.7 Å². The molecular formula is C12H22N4. The summed E-state index contributed by atoms with van der Waals surface area (Å²) in [5.74, 6) is 1.40. The number of hydrogen-bond donors (Lipinski definition) is 2. The molecule has 1 fully saturated rings. The third kappa shape index (κ3) is 2.26. The lowest BCUT2D eigenvalue weighted by molar-refractivity contribution is 0.183. The summed E-state index contributed by atoms with van der Waals surface area (Å²) in [5, 5.41) is 5.24. The van der Waals surface area contributed by atoms with E-state index in [4.69, 9.17) is 11.3 Å². The summed E-state index contributed by atoms with van der Waals surface area (Å²) >= 11 is 0. The van der Waals surface area contributed by atoms with Crippen LogP contribution in [0.2, 0.25) is 0 Å². The van der Waals surface area contributed by atoms with Crippen molar-refractivity contribution in [2.45, 2.75) is 26.3 Å². The maximum atomic E-state index is 7.07. The van der Waals surface area contributed by atoms with Crippen molar-refractivity contribution in [2.75, 3.05) is 7.05 Å². The smallest absolute Gasteiger partial charge is 0.0518 e. The quantitative estimate of drug-likeness (QED) is 0.436. The molecular weight excluding hydrogens is 200 g/mol. The Morgan fingerprint density at radius 2 is 2.12 bits per heavy atom. The highest BCUT2D eigenvalue weighted by atomic mass is 15.5. The van der Waals surface area contributed by atoms with E-state index in [2.05, 4.69) is 25.6 Å². The first-order chi connectivity index (χ1) is 7.52. The van der Waals surface area contributed by atoms with Crippen molar-refractivity contribution in [3.63, 3.8) is 0 Å². The van der Waals surface area contributed by atoms with Gasteiger partial charge in [-0.2, -0.15) is 5.53 Å². The molecule has 3 N–H and O–H groups in total. The average Bonchev–Trinajstić information content (AvgIpc) is 2.56. The number of hydrogen-bond acceptors (Lipinski definition) is 3. The Hall–Kier alpha value is -1.32. The minimum atomic E-state index is 0.314. The molecule has 0 aliphatic heterocycles. The van der Waals surface area contributed by atoms with Crippen LogP contribution in [0.4, 0.5) is 0 Å². The SMILES string of the molecule is C=CC=C(N)C1C[C@@H](N(C)N=N)[C@H](C)[C@@H]1C. The van der Waals surface area contributed by atoms with Crippen LogP contribution in [0.3, 0.4) is 0 Å². The second kappa shape index (κ2) is 5.14. The molecule has 4 atom stereocenters. The maximum Gasteiger partial charge on any atom is 0.0518 e. The number of allylic oxidation sites excluding steroid dienone is 3. The Kier molecular flexibility index (Phi) is 4.10. The molecule has 1 unspecified atom stereocenters. The van der Waals surface area contributed by atoms with Gasteiger partial charge in [0.2, 0.25) is 0 Å². The third-order valence-corrected chi connectivity index (χ3v) is 3.94. The van der Waals surface area contributed by atoms with Crippen molar-refractivity contribution in [3.05, 3.63) is 24.4 Å². The fraction of sp³-hybridized carbons (Fsp3) is 0.667. The molecule has 0 bridgehead atoms. The minimum absolute atomic E-state index is 0.314. The molecule has 1 aliphatic carbocycles. The molecule has 1 rings (SSSR count). The molecule has 4 nitrogen and oxygen atoms in total. The molecule has 16 heavy (non-hydrogen) atoms. The summed E-state index contributed by atoms with van der Waals surface area (Å²) in [4.78, 5) is 0. The molecule has 0 aromatic carbocycles. The van der Waals surface area contributed by atoms with Crippen LogP contribution in [0.1, 0.15) is 20.3 Å². The maximum absolute atomic E-state index is 7.07. The van der Waals surface area contributed by atoms with Gasteiger partial charge in [-0.1, -0.05) is 31.7 Å². The number of nitrogens with one attached hydrogen (secondary N) is 1. The van der Waals surface area contributed by atoms with Crippen LogP contribution in [0.15, 0.2) is 29.7 Å². The summed E-state index contributed by atoms with van der Waals surface area (Å²) in [7, 11) is 1.86. The monoisotopic (exact) mass is 222 g/mol. The van der Waals surface area contributed by atoms with Crippen molar-refractivity contribution in [1.82, 2.24) is 5.01 Å². The molecule has 0 radical (unpaired) electrons. The van der Waals surface area contributed by atoms with Gasteiger partial charge >= 0.3 is 0 Å². The Balaban J connectivity index is 2.82. The first kappa shape index (κ1) is 12.7. The van der Waals surface area contributed by atoms with Gasteiger partial charge in [0.05, 0.1) is 6.04 Å². The minimum Gasteiger partial charge on any atom is -0.402 e. The molecule has 0 spiro atoms. The molecule has 0 amide bonds. The van der Waals surface area contributed by atoms with Crippen LogP contribution in [-0.2, 0) is 0 Å². The van der Waals surface area contributed by atoms with Gasteiger partial charge < -0.3 is 5.73 Å². The highest BCUT2D eigenvalue weighted by Gasteiger charge is 2.40. The Morgan fingerprint density at radius 3 is 2.62 bits per heavy atom. The van der Waals surface area contributed by atoms with E-state index in [1.165, 1.54) is 0 Å². The van der Waals surface area contributed by atoms with E-state index < -0.39 is 0 Å². The second-order valence-corrected chi connectivity index (χ2v) is 4.70. The lowest BCUT2D eigenvalue weighted by Gasteiger charge is -2.24. The van der Waals surface area contributed by atoms with Crippen LogP contribution < -0.4 is 5.73 Å². The number of rotatable bonds is 4. The molecule has 0 aromatic heterocycles. The predicted molar refractivity (Wildman–Crippen MR) is 65.6 cm³/mol. The van der Waals surface area contributed by atoms with Gasteiger partial charge in [0.15, 0.2) is 0 Å². The van der Waals surface area contributed by atoms with Gasteiger partial charge in [-0.25, -0.2) is 0 Å². The zero-order chi connectivity index (χ0) is 12.3. The van der Waals surface area contributed by atoms with Crippen molar-refractivity contribution in [1.29, 1.82) is 5.53 Å². The number of nitrogens with zero attached hydrogens (tertiary/aromatic N) is 2. The van der Waals surface area contributed by atoms with Crippen LogP contribution in [0.5, 0.6) is 0 Å². The number of nitrogens with two attached hydrogens (primary N) is 1. The summed E-state index contributed by atoms with van der Waals surface area (Å²) in [5.41, 5.74) is 14.0. The largest absolute Gasteiger partial charge is 0.402 e.